The topological polar surface area (TPSA) is 0 Å². The maximum absolute atomic E-state index is 2.34. The van der Waals surface area contributed by atoms with Crippen LogP contribution in [-0.2, 0) is 0 Å². The minimum absolute atomic E-state index is 0.742. The van der Waals surface area contributed by atoms with Crippen LogP contribution in [-0.4, -0.2) is 24.6 Å². The van der Waals surface area contributed by atoms with Crippen molar-refractivity contribution in [2.24, 2.45) is 0 Å². The molecule has 0 N–H and O–H groups in total. The zero-order valence-corrected chi connectivity index (χ0v) is 28.0. The summed E-state index contributed by atoms with van der Waals surface area (Å²) in [6.07, 6.45) is 48.2. The Kier molecular flexibility index (Phi) is 31.3. The first-order valence-corrected chi connectivity index (χ1v) is 20.6. The molecule has 0 unspecified atom stereocenters. The van der Waals surface area contributed by atoms with Gasteiger partial charge in [-0.1, -0.05) is 156 Å². The van der Waals surface area contributed by atoms with E-state index in [1.807, 2.05) is 0 Å². The molecule has 0 aromatic heterocycles. The third-order valence-electron chi connectivity index (χ3n) is 8.94. The second-order valence-corrected chi connectivity index (χ2v) is 17.2. The summed E-state index contributed by atoms with van der Waals surface area (Å²) in [6, 6.07) is 0. The quantitative estimate of drug-likeness (QED) is 0.0589. The molecule has 0 rings (SSSR count). The number of hydrogen-bond donors (Lipinski definition) is 0. The van der Waals surface area contributed by atoms with Gasteiger partial charge in [-0.3, -0.25) is 0 Å². The highest BCUT2D eigenvalue weighted by atomic mass is 31.2. The van der Waals surface area contributed by atoms with Crippen molar-refractivity contribution in [2.75, 3.05) is 24.6 Å². The van der Waals surface area contributed by atoms with Gasteiger partial charge in [0.2, 0.25) is 0 Å². The summed E-state index contributed by atoms with van der Waals surface area (Å²) in [5.74, 6) is 0. The first-order chi connectivity index (χ1) is 18.2. The molecule has 0 saturated heterocycles. The van der Waals surface area contributed by atoms with Crippen LogP contribution in [0.3, 0.4) is 0 Å². The summed E-state index contributed by atoms with van der Waals surface area (Å²) in [7, 11) is -0.742. The van der Waals surface area contributed by atoms with E-state index >= 15 is 0 Å². The van der Waals surface area contributed by atoms with Crippen LogP contribution in [0.4, 0.5) is 0 Å². The van der Waals surface area contributed by atoms with Crippen molar-refractivity contribution >= 4 is 7.26 Å². The lowest BCUT2D eigenvalue weighted by Crippen LogP contribution is -2.13. The van der Waals surface area contributed by atoms with Gasteiger partial charge in [-0.2, -0.15) is 0 Å². The molecule has 37 heavy (non-hydrogen) atoms. The lowest BCUT2D eigenvalue weighted by molar-refractivity contribution is 0.591. The fraction of sp³-hybridized carbons (Fsp3) is 1.00. The minimum Gasteiger partial charge on any atom is -0.0654 e. The van der Waals surface area contributed by atoms with Crippen LogP contribution in [0.5, 0.6) is 0 Å². The second-order valence-electron chi connectivity index (χ2n) is 12.7. The highest BCUT2D eigenvalue weighted by molar-refractivity contribution is 7.75. The second kappa shape index (κ2) is 31.0. The first kappa shape index (κ1) is 37.4. The normalized spacial score (nSPS) is 12.0. The monoisotopic (exact) mass is 540 g/mol. The van der Waals surface area contributed by atoms with E-state index in [2.05, 4.69) is 27.7 Å². The maximum atomic E-state index is 2.34. The SMILES string of the molecule is CCCCCCCCC[P+](CCCCCCCCC)(CCCCCCCCC)CCCCCCCCC. The average Bonchev–Trinajstić information content (AvgIpc) is 2.91. The Balaban J connectivity index is 4.78. The summed E-state index contributed by atoms with van der Waals surface area (Å²) in [4.78, 5) is 0. The molecule has 0 aliphatic carbocycles. The molecule has 224 valence electrons. The molecule has 1 heteroatoms. The molecule has 0 aliphatic heterocycles. The molecule has 0 aromatic rings. The van der Waals surface area contributed by atoms with Gasteiger partial charge in [-0.05, 0) is 51.4 Å². The van der Waals surface area contributed by atoms with Crippen molar-refractivity contribution in [1.82, 2.24) is 0 Å². The van der Waals surface area contributed by atoms with Gasteiger partial charge in [0.05, 0.1) is 24.6 Å². The average molecular weight is 540 g/mol. The Morgan fingerprint density at radius 1 is 0.216 bits per heavy atom. The van der Waals surface area contributed by atoms with Gasteiger partial charge in [0.1, 0.15) is 0 Å². The lowest BCUT2D eigenvalue weighted by atomic mass is 10.1. The fourth-order valence-corrected chi connectivity index (χ4v) is 11.2. The van der Waals surface area contributed by atoms with Gasteiger partial charge in [0.25, 0.3) is 0 Å². The molecule has 0 amide bonds. The van der Waals surface area contributed by atoms with E-state index in [9.17, 15) is 0 Å². The van der Waals surface area contributed by atoms with Crippen LogP contribution in [0.1, 0.15) is 207 Å². The van der Waals surface area contributed by atoms with Crippen LogP contribution in [0.2, 0.25) is 0 Å². The molecule has 0 aliphatic rings. The van der Waals surface area contributed by atoms with E-state index in [0.717, 1.165) is 0 Å². The molecule has 0 atom stereocenters. The van der Waals surface area contributed by atoms with E-state index < -0.39 is 7.26 Å². The molecule has 0 saturated carbocycles. The summed E-state index contributed by atoms with van der Waals surface area (Å²) in [5, 5.41) is 0. The van der Waals surface area contributed by atoms with Crippen molar-refractivity contribution in [1.29, 1.82) is 0 Å². The molecule has 0 aromatic carbocycles. The van der Waals surface area contributed by atoms with E-state index in [1.54, 1.807) is 50.3 Å². The van der Waals surface area contributed by atoms with Crippen LogP contribution in [0.25, 0.3) is 0 Å². The molecule has 0 nitrogen and oxygen atoms in total. The van der Waals surface area contributed by atoms with Crippen LogP contribution in [0.15, 0.2) is 0 Å². The number of unbranched alkanes of at least 4 members (excludes halogenated alkanes) is 24. The van der Waals surface area contributed by atoms with E-state index in [4.69, 9.17) is 0 Å². The molecule has 0 heterocycles. The van der Waals surface area contributed by atoms with Crippen molar-refractivity contribution < 1.29 is 0 Å². The first-order valence-electron chi connectivity index (χ1n) is 18.1. The minimum atomic E-state index is -0.742. The van der Waals surface area contributed by atoms with Gasteiger partial charge in [0.15, 0.2) is 0 Å². The Bertz CT molecular complexity index is 326. The summed E-state index contributed by atoms with van der Waals surface area (Å²) in [6.45, 7) is 9.37. The molecule has 0 spiro atoms. The Morgan fingerprint density at radius 3 is 0.568 bits per heavy atom. The predicted molar refractivity (Wildman–Crippen MR) is 178 cm³/mol. The fourth-order valence-electron chi connectivity index (χ4n) is 6.29. The van der Waals surface area contributed by atoms with Crippen molar-refractivity contribution in [3.05, 3.63) is 0 Å². The molecular formula is C36H76P+. The number of rotatable bonds is 32. The Morgan fingerprint density at radius 2 is 0.378 bits per heavy atom. The zero-order chi connectivity index (χ0) is 27.1. The molecule has 0 bridgehead atoms. The highest BCUT2D eigenvalue weighted by Crippen LogP contribution is 2.61. The smallest absolute Gasteiger partial charge is 0.0594 e. The Labute approximate surface area is 239 Å². The highest BCUT2D eigenvalue weighted by Gasteiger charge is 2.34. The number of hydrogen-bond acceptors (Lipinski definition) is 0. The maximum Gasteiger partial charge on any atom is 0.0594 e. The van der Waals surface area contributed by atoms with Gasteiger partial charge in [-0.25, -0.2) is 0 Å². The van der Waals surface area contributed by atoms with Crippen LogP contribution >= 0.6 is 7.26 Å². The van der Waals surface area contributed by atoms with Gasteiger partial charge < -0.3 is 0 Å². The zero-order valence-electron chi connectivity index (χ0n) is 27.1. The van der Waals surface area contributed by atoms with Crippen LogP contribution in [0, 0.1) is 0 Å². The lowest BCUT2D eigenvalue weighted by Gasteiger charge is -2.28. The van der Waals surface area contributed by atoms with Gasteiger partial charge >= 0.3 is 0 Å². The van der Waals surface area contributed by atoms with Crippen molar-refractivity contribution in [3.63, 3.8) is 0 Å². The van der Waals surface area contributed by atoms with Crippen molar-refractivity contribution in [2.45, 2.75) is 207 Å². The van der Waals surface area contributed by atoms with Gasteiger partial charge in [-0.15, -0.1) is 0 Å². The summed E-state index contributed by atoms with van der Waals surface area (Å²) in [5.41, 5.74) is 0. The third kappa shape index (κ3) is 26.4. The molecule has 0 fully saturated rings. The van der Waals surface area contributed by atoms with Gasteiger partial charge in [0, 0.05) is 7.26 Å². The molecule has 0 radical (unpaired) electrons. The Hall–Kier alpha value is 0.430. The van der Waals surface area contributed by atoms with Crippen molar-refractivity contribution in [3.8, 4) is 0 Å². The summed E-state index contributed by atoms with van der Waals surface area (Å²) >= 11 is 0. The van der Waals surface area contributed by atoms with E-state index in [-0.39, 0.29) is 0 Å². The standard InChI is InChI=1S/C36H76P/c1-5-9-13-17-21-25-29-33-37(34-30-26-22-18-14-10-6-2,35-31-27-23-19-15-11-7-3)36-32-28-24-20-16-12-8-4/h5-36H2,1-4H3/q+1. The summed E-state index contributed by atoms with van der Waals surface area (Å²) < 4.78 is 0. The van der Waals surface area contributed by atoms with E-state index in [0.29, 0.717) is 0 Å². The molecular weight excluding hydrogens is 463 g/mol. The third-order valence-corrected chi connectivity index (χ3v) is 14.0. The van der Waals surface area contributed by atoms with E-state index in [1.165, 1.54) is 154 Å². The predicted octanol–water partition coefficient (Wildman–Crippen LogP) is 14.0. The van der Waals surface area contributed by atoms with Crippen LogP contribution < -0.4 is 0 Å². The largest absolute Gasteiger partial charge is 0.0654 e.